The molecule has 1 aliphatic rings. The number of benzene rings is 1. The van der Waals surface area contributed by atoms with E-state index in [0.29, 0.717) is 25.6 Å². The van der Waals surface area contributed by atoms with Gasteiger partial charge < -0.3 is 29.3 Å². The summed E-state index contributed by atoms with van der Waals surface area (Å²) >= 11 is 0. The number of aliphatic imine (C=N–C) groups is 1. The molecule has 1 N–H and O–H groups in total. The highest BCUT2D eigenvalue weighted by Crippen LogP contribution is 2.22. The second kappa shape index (κ2) is 12.0. The maximum atomic E-state index is 5.74. The first-order valence-electron chi connectivity index (χ1n) is 10.7. The van der Waals surface area contributed by atoms with Gasteiger partial charge >= 0.3 is 0 Å². The quantitative estimate of drug-likeness (QED) is 0.374. The topological polar surface area (TPSA) is 71.5 Å². The third-order valence-corrected chi connectivity index (χ3v) is 5.11. The molecule has 0 amide bonds. The molecule has 31 heavy (non-hydrogen) atoms. The first kappa shape index (κ1) is 22.7. The third kappa shape index (κ3) is 6.49. The smallest absolute Gasteiger partial charge is 0.218 e. The van der Waals surface area contributed by atoms with Gasteiger partial charge in [-0.1, -0.05) is 12.1 Å². The van der Waals surface area contributed by atoms with Gasteiger partial charge in [0.25, 0.3) is 0 Å². The van der Waals surface area contributed by atoms with Gasteiger partial charge in [-0.15, -0.1) is 0 Å². The van der Waals surface area contributed by atoms with Crippen LogP contribution in [0.5, 0.6) is 11.6 Å². The summed E-state index contributed by atoms with van der Waals surface area (Å²) in [4.78, 5) is 13.9. The van der Waals surface area contributed by atoms with Crippen molar-refractivity contribution in [1.29, 1.82) is 0 Å². The van der Waals surface area contributed by atoms with Gasteiger partial charge in [0, 0.05) is 63.3 Å². The van der Waals surface area contributed by atoms with E-state index in [1.807, 2.05) is 24.3 Å². The minimum atomic E-state index is 0.469. The number of hydrogen-bond donors (Lipinski definition) is 1. The second-order valence-electron chi connectivity index (χ2n) is 7.15. The highest BCUT2D eigenvalue weighted by molar-refractivity contribution is 5.80. The Labute approximate surface area is 184 Å². The van der Waals surface area contributed by atoms with Crippen molar-refractivity contribution in [2.24, 2.45) is 4.99 Å². The molecule has 1 aromatic heterocycles. The first-order valence-corrected chi connectivity index (χ1v) is 10.7. The number of anilines is 1. The molecule has 0 bridgehead atoms. The zero-order valence-corrected chi connectivity index (χ0v) is 18.7. The second-order valence-corrected chi connectivity index (χ2v) is 7.15. The van der Waals surface area contributed by atoms with E-state index < -0.39 is 0 Å². The molecule has 0 saturated carbocycles. The van der Waals surface area contributed by atoms with E-state index in [0.717, 1.165) is 50.0 Å². The van der Waals surface area contributed by atoms with E-state index in [1.165, 1.54) is 5.69 Å². The van der Waals surface area contributed by atoms with Crippen molar-refractivity contribution in [2.75, 3.05) is 65.1 Å². The van der Waals surface area contributed by atoms with E-state index in [1.54, 1.807) is 20.4 Å². The first-order chi connectivity index (χ1) is 15.2. The van der Waals surface area contributed by atoms with Crippen molar-refractivity contribution in [1.82, 2.24) is 15.2 Å². The van der Waals surface area contributed by atoms with Crippen LogP contribution in [-0.4, -0.2) is 76.0 Å². The van der Waals surface area contributed by atoms with Crippen LogP contribution in [0.15, 0.2) is 47.6 Å². The predicted octanol–water partition coefficient (Wildman–Crippen LogP) is 2.40. The molecule has 8 nitrogen and oxygen atoms in total. The van der Waals surface area contributed by atoms with Crippen molar-refractivity contribution in [3.05, 3.63) is 48.2 Å². The highest BCUT2D eigenvalue weighted by atomic mass is 16.5. The Balaban J connectivity index is 1.63. The zero-order chi connectivity index (χ0) is 21.9. The summed E-state index contributed by atoms with van der Waals surface area (Å²) in [6.07, 6.45) is 1.73. The molecular formula is C23H33N5O3. The minimum absolute atomic E-state index is 0.469. The standard InChI is InChI=1S/C23H33N5O3/c1-4-24-23(26-18-19-7-6-10-25-22(19)31-16-15-29-2)28-13-11-27(12-14-28)20-8-5-9-21(17-20)30-3/h5-10,17H,4,11-16,18H2,1-3H3,(H,24,26). The van der Waals surface area contributed by atoms with Gasteiger partial charge in [-0.05, 0) is 25.1 Å². The summed E-state index contributed by atoms with van der Waals surface area (Å²) < 4.78 is 16.2. The number of piperazine rings is 1. The van der Waals surface area contributed by atoms with Crippen LogP contribution in [0.1, 0.15) is 12.5 Å². The monoisotopic (exact) mass is 427 g/mol. The number of nitrogens with one attached hydrogen (secondary N) is 1. The molecule has 1 saturated heterocycles. The van der Waals surface area contributed by atoms with E-state index in [2.05, 4.69) is 39.2 Å². The van der Waals surface area contributed by atoms with Crippen molar-refractivity contribution in [3.63, 3.8) is 0 Å². The Hall–Kier alpha value is -3.00. The molecule has 0 spiro atoms. The van der Waals surface area contributed by atoms with Crippen molar-refractivity contribution in [3.8, 4) is 11.6 Å². The lowest BCUT2D eigenvalue weighted by molar-refractivity contribution is 0.143. The molecule has 3 rings (SSSR count). The Morgan fingerprint density at radius 3 is 2.68 bits per heavy atom. The van der Waals surface area contributed by atoms with Crippen molar-refractivity contribution in [2.45, 2.75) is 13.5 Å². The van der Waals surface area contributed by atoms with Crippen LogP contribution in [0.4, 0.5) is 5.69 Å². The normalized spacial score (nSPS) is 14.5. The largest absolute Gasteiger partial charge is 0.497 e. The fourth-order valence-electron chi connectivity index (χ4n) is 3.47. The lowest BCUT2D eigenvalue weighted by Gasteiger charge is -2.37. The fraction of sp³-hybridized carbons (Fsp3) is 0.478. The third-order valence-electron chi connectivity index (χ3n) is 5.11. The van der Waals surface area contributed by atoms with Gasteiger partial charge in [-0.2, -0.15) is 0 Å². The zero-order valence-electron chi connectivity index (χ0n) is 18.7. The summed E-state index contributed by atoms with van der Waals surface area (Å²) in [5.41, 5.74) is 2.15. The molecular weight excluding hydrogens is 394 g/mol. The molecule has 0 aliphatic carbocycles. The molecule has 2 aromatic rings. The Morgan fingerprint density at radius 2 is 1.94 bits per heavy atom. The molecule has 8 heteroatoms. The molecule has 1 aliphatic heterocycles. The average Bonchev–Trinajstić information content (AvgIpc) is 2.83. The summed E-state index contributed by atoms with van der Waals surface area (Å²) in [6, 6.07) is 12.1. The van der Waals surface area contributed by atoms with Crippen molar-refractivity contribution < 1.29 is 14.2 Å². The predicted molar refractivity (Wildman–Crippen MR) is 123 cm³/mol. The molecule has 0 unspecified atom stereocenters. The summed E-state index contributed by atoms with van der Waals surface area (Å²) in [5.74, 6) is 2.41. The van der Waals surface area contributed by atoms with Gasteiger partial charge in [-0.3, -0.25) is 0 Å². The average molecular weight is 428 g/mol. The van der Waals surface area contributed by atoms with Crippen LogP contribution in [0.25, 0.3) is 0 Å². The number of rotatable bonds is 9. The van der Waals surface area contributed by atoms with E-state index >= 15 is 0 Å². The number of aromatic nitrogens is 1. The number of nitrogens with zero attached hydrogens (tertiary/aromatic N) is 4. The maximum absolute atomic E-state index is 5.74. The molecule has 0 radical (unpaired) electrons. The van der Waals surface area contributed by atoms with E-state index in [-0.39, 0.29) is 0 Å². The van der Waals surface area contributed by atoms with Crippen LogP contribution in [-0.2, 0) is 11.3 Å². The van der Waals surface area contributed by atoms with Gasteiger partial charge in [0.05, 0.1) is 20.3 Å². The summed E-state index contributed by atoms with van der Waals surface area (Å²) in [7, 11) is 3.36. The van der Waals surface area contributed by atoms with Gasteiger partial charge in [0.1, 0.15) is 12.4 Å². The fourth-order valence-corrected chi connectivity index (χ4v) is 3.47. The summed E-state index contributed by atoms with van der Waals surface area (Å²) in [6.45, 7) is 8.06. The number of pyridine rings is 1. The van der Waals surface area contributed by atoms with Crippen LogP contribution in [0, 0.1) is 0 Å². The summed E-state index contributed by atoms with van der Waals surface area (Å²) in [5, 5.41) is 3.42. The Morgan fingerprint density at radius 1 is 1.10 bits per heavy atom. The minimum Gasteiger partial charge on any atom is -0.497 e. The maximum Gasteiger partial charge on any atom is 0.218 e. The SMILES string of the molecule is CCNC(=NCc1cccnc1OCCOC)N1CCN(c2cccc(OC)c2)CC1. The molecule has 1 aromatic carbocycles. The van der Waals surface area contributed by atoms with Gasteiger partial charge in [0.15, 0.2) is 5.96 Å². The molecule has 0 atom stereocenters. The Kier molecular flexibility index (Phi) is 8.78. The highest BCUT2D eigenvalue weighted by Gasteiger charge is 2.20. The number of ether oxygens (including phenoxy) is 3. The van der Waals surface area contributed by atoms with Gasteiger partial charge in [-0.25, -0.2) is 9.98 Å². The van der Waals surface area contributed by atoms with Crippen LogP contribution < -0.4 is 19.7 Å². The number of hydrogen-bond acceptors (Lipinski definition) is 6. The van der Waals surface area contributed by atoms with Crippen LogP contribution in [0.3, 0.4) is 0 Å². The number of guanidine groups is 1. The molecule has 168 valence electrons. The van der Waals surface area contributed by atoms with Gasteiger partial charge in [0.2, 0.25) is 5.88 Å². The lowest BCUT2D eigenvalue weighted by atomic mass is 10.2. The van der Waals surface area contributed by atoms with Crippen molar-refractivity contribution >= 4 is 11.6 Å². The number of methoxy groups -OCH3 is 2. The van der Waals surface area contributed by atoms with Crippen LogP contribution >= 0.6 is 0 Å². The van der Waals surface area contributed by atoms with E-state index in [4.69, 9.17) is 19.2 Å². The van der Waals surface area contributed by atoms with Crippen LogP contribution in [0.2, 0.25) is 0 Å². The van der Waals surface area contributed by atoms with E-state index in [9.17, 15) is 0 Å². The molecule has 1 fully saturated rings. The lowest BCUT2D eigenvalue weighted by Crippen LogP contribution is -2.52. The molecule has 2 heterocycles. The Bertz CT molecular complexity index is 837.